The van der Waals surface area contributed by atoms with Gasteiger partial charge >= 0.3 is 0 Å². The van der Waals surface area contributed by atoms with Gasteiger partial charge in [-0.1, -0.05) is 6.07 Å². The van der Waals surface area contributed by atoms with Crippen molar-refractivity contribution in [3.05, 3.63) is 29.3 Å². The van der Waals surface area contributed by atoms with E-state index in [4.69, 9.17) is 10.5 Å². The Kier molecular flexibility index (Phi) is 4.80. The lowest BCUT2D eigenvalue weighted by molar-refractivity contribution is 0.0752. The van der Waals surface area contributed by atoms with E-state index in [1.807, 2.05) is 13.8 Å². The normalized spacial score (nSPS) is 21.6. The summed E-state index contributed by atoms with van der Waals surface area (Å²) in [6.07, 6.45) is 0.653. The van der Waals surface area contributed by atoms with Crippen LogP contribution in [0.1, 0.15) is 24.5 Å². The zero-order valence-electron chi connectivity index (χ0n) is 12.0. The highest BCUT2D eigenvalue weighted by molar-refractivity contribution is 7.89. The van der Waals surface area contributed by atoms with Gasteiger partial charge in [0.05, 0.1) is 11.0 Å². The molecule has 5 nitrogen and oxygen atoms in total. The molecular weight excluding hydrogens is 276 g/mol. The van der Waals surface area contributed by atoms with Crippen molar-refractivity contribution in [2.24, 2.45) is 5.73 Å². The molecule has 1 fully saturated rings. The molecule has 1 aromatic carbocycles. The molecule has 1 aliphatic rings. The van der Waals surface area contributed by atoms with Crippen LogP contribution in [0.5, 0.6) is 0 Å². The third-order valence-corrected chi connectivity index (χ3v) is 5.45. The third kappa shape index (κ3) is 3.20. The van der Waals surface area contributed by atoms with Crippen molar-refractivity contribution in [1.29, 1.82) is 0 Å². The van der Waals surface area contributed by atoms with Gasteiger partial charge < -0.3 is 10.5 Å². The maximum absolute atomic E-state index is 12.7. The molecule has 0 aromatic heterocycles. The second kappa shape index (κ2) is 6.22. The van der Waals surface area contributed by atoms with Crippen LogP contribution in [0.25, 0.3) is 0 Å². The topological polar surface area (TPSA) is 72.6 Å². The van der Waals surface area contributed by atoms with Gasteiger partial charge in [0, 0.05) is 26.2 Å². The number of sulfonamides is 1. The average Bonchev–Trinajstić information content (AvgIpc) is 2.63. The lowest BCUT2D eigenvalue weighted by Crippen LogP contribution is -2.36. The second-order valence-electron chi connectivity index (χ2n) is 5.19. The van der Waals surface area contributed by atoms with Crippen molar-refractivity contribution in [1.82, 2.24) is 4.31 Å². The van der Waals surface area contributed by atoms with Gasteiger partial charge in [-0.25, -0.2) is 8.42 Å². The monoisotopic (exact) mass is 298 g/mol. The Labute approximate surface area is 120 Å². The Morgan fingerprint density at radius 1 is 1.45 bits per heavy atom. The van der Waals surface area contributed by atoms with E-state index in [1.165, 1.54) is 4.31 Å². The molecule has 0 spiro atoms. The van der Waals surface area contributed by atoms with Crippen LogP contribution in [0.3, 0.4) is 0 Å². The van der Waals surface area contributed by atoms with Crippen LogP contribution >= 0.6 is 0 Å². The zero-order chi connectivity index (χ0) is 14.8. The summed E-state index contributed by atoms with van der Waals surface area (Å²) < 4.78 is 32.4. The third-order valence-electron chi connectivity index (χ3n) is 3.59. The molecule has 0 radical (unpaired) electrons. The maximum Gasteiger partial charge on any atom is 0.243 e. The molecule has 1 aliphatic heterocycles. The molecule has 0 aliphatic carbocycles. The van der Waals surface area contributed by atoms with Crippen molar-refractivity contribution in [2.75, 3.05) is 19.7 Å². The number of hydrogen-bond donors (Lipinski definition) is 1. The summed E-state index contributed by atoms with van der Waals surface area (Å²) in [5, 5.41) is 0. The van der Waals surface area contributed by atoms with Gasteiger partial charge in [-0.3, -0.25) is 0 Å². The minimum Gasteiger partial charge on any atom is -0.377 e. The van der Waals surface area contributed by atoms with Crippen LogP contribution in [0, 0.1) is 6.92 Å². The number of benzene rings is 1. The molecular formula is C14H22N2O3S. The fourth-order valence-corrected chi connectivity index (χ4v) is 4.02. The standard InChI is InChI=1S/C14H22N2O3S/c1-11-8-14(5-4-13(11)9-15)20(17,18)16-6-3-7-19-12(2)10-16/h4-5,8,12H,3,6-7,9-10,15H2,1-2H3. The number of ether oxygens (including phenoxy) is 1. The molecule has 2 N–H and O–H groups in total. The van der Waals surface area contributed by atoms with Gasteiger partial charge in [0.25, 0.3) is 0 Å². The number of rotatable bonds is 3. The fraction of sp³-hybridized carbons (Fsp3) is 0.571. The highest BCUT2D eigenvalue weighted by atomic mass is 32.2. The van der Waals surface area contributed by atoms with Crippen LogP contribution in [0.4, 0.5) is 0 Å². The molecule has 1 unspecified atom stereocenters. The summed E-state index contributed by atoms with van der Waals surface area (Å²) in [6, 6.07) is 5.13. The minimum atomic E-state index is -3.45. The Morgan fingerprint density at radius 2 is 2.20 bits per heavy atom. The van der Waals surface area contributed by atoms with Crippen LogP contribution in [0.2, 0.25) is 0 Å². The van der Waals surface area contributed by atoms with E-state index < -0.39 is 10.0 Å². The van der Waals surface area contributed by atoms with Gasteiger partial charge in [-0.05, 0) is 43.5 Å². The van der Waals surface area contributed by atoms with E-state index >= 15 is 0 Å². The molecule has 0 saturated carbocycles. The second-order valence-corrected chi connectivity index (χ2v) is 7.13. The number of hydrogen-bond acceptors (Lipinski definition) is 4. The van der Waals surface area contributed by atoms with Gasteiger partial charge in [-0.2, -0.15) is 4.31 Å². The van der Waals surface area contributed by atoms with Crippen molar-refractivity contribution in [3.8, 4) is 0 Å². The first-order chi connectivity index (χ1) is 9.45. The minimum absolute atomic E-state index is 0.0725. The summed E-state index contributed by atoms with van der Waals surface area (Å²) in [6.45, 7) is 5.72. The van der Waals surface area contributed by atoms with Gasteiger partial charge in [0.2, 0.25) is 10.0 Å². The molecule has 0 amide bonds. The summed E-state index contributed by atoms with van der Waals surface area (Å²) in [7, 11) is -3.45. The van der Waals surface area contributed by atoms with E-state index in [-0.39, 0.29) is 6.10 Å². The van der Waals surface area contributed by atoms with Crippen LogP contribution in [-0.2, 0) is 21.3 Å². The highest BCUT2D eigenvalue weighted by Gasteiger charge is 2.28. The molecule has 112 valence electrons. The maximum atomic E-state index is 12.7. The van der Waals surface area contributed by atoms with E-state index in [9.17, 15) is 8.42 Å². The predicted molar refractivity (Wildman–Crippen MR) is 77.9 cm³/mol. The molecule has 2 rings (SSSR count). The fourth-order valence-electron chi connectivity index (χ4n) is 2.38. The molecule has 1 atom stereocenters. The Morgan fingerprint density at radius 3 is 2.85 bits per heavy atom. The first-order valence-corrected chi connectivity index (χ1v) is 8.30. The Balaban J connectivity index is 2.31. The first-order valence-electron chi connectivity index (χ1n) is 6.86. The van der Waals surface area contributed by atoms with Crippen molar-refractivity contribution >= 4 is 10.0 Å². The summed E-state index contributed by atoms with van der Waals surface area (Å²) >= 11 is 0. The van der Waals surface area contributed by atoms with Crippen molar-refractivity contribution in [3.63, 3.8) is 0 Å². The number of aryl methyl sites for hydroxylation is 1. The van der Waals surface area contributed by atoms with Gasteiger partial charge in [0.1, 0.15) is 0 Å². The number of nitrogens with two attached hydrogens (primary N) is 1. The van der Waals surface area contributed by atoms with Crippen LogP contribution in [0.15, 0.2) is 23.1 Å². The van der Waals surface area contributed by atoms with E-state index in [0.29, 0.717) is 31.1 Å². The molecule has 1 aromatic rings. The molecule has 0 bridgehead atoms. The zero-order valence-corrected chi connectivity index (χ0v) is 12.8. The lowest BCUT2D eigenvalue weighted by atomic mass is 10.1. The largest absolute Gasteiger partial charge is 0.377 e. The molecule has 20 heavy (non-hydrogen) atoms. The van der Waals surface area contributed by atoms with E-state index in [2.05, 4.69) is 0 Å². The quantitative estimate of drug-likeness (QED) is 0.911. The summed E-state index contributed by atoms with van der Waals surface area (Å²) in [4.78, 5) is 0.335. The van der Waals surface area contributed by atoms with Gasteiger partial charge in [-0.15, -0.1) is 0 Å². The SMILES string of the molecule is Cc1cc(S(=O)(=O)N2CCCOC(C)C2)ccc1CN. The molecule has 1 saturated heterocycles. The smallest absolute Gasteiger partial charge is 0.243 e. The van der Waals surface area contributed by atoms with E-state index in [0.717, 1.165) is 17.5 Å². The van der Waals surface area contributed by atoms with Crippen molar-refractivity contribution < 1.29 is 13.2 Å². The van der Waals surface area contributed by atoms with Crippen molar-refractivity contribution in [2.45, 2.75) is 37.8 Å². The predicted octanol–water partition coefficient (Wildman–Crippen LogP) is 1.25. The van der Waals surface area contributed by atoms with E-state index in [1.54, 1.807) is 18.2 Å². The van der Waals surface area contributed by atoms with Crippen LogP contribution in [-0.4, -0.2) is 38.5 Å². The number of nitrogens with zero attached hydrogens (tertiary/aromatic N) is 1. The molecule has 6 heteroatoms. The summed E-state index contributed by atoms with van der Waals surface area (Å²) in [5.41, 5.74) is 7.49. The highest BCUT2D eigenvalue weighted by Crippen LogP contribution is 2.21. The van der Waals surface area contributed by atoms with Crippen LogP contribution < -0.4 is 5.73 Å². The first kappa shape index (κ1) is 15.4. The molecule has 1 heterocycles. The summed E-state index contributed by atoms with van der Waals surface area (Å²) in [5.74, 6) is 0. The lowest BCUT2D eigenvalue weighted by Gasteiger charge is -2.22. The Bertz CT molecular complexity index is 572. The average molecular weight is 298 g/mol. The Hall–Kier alpha value is -0.950. The van der Waals surface area contributed by atoms with Gasteiger partial charge in [0.15, 0.2) is 0 Å².